The van der Waals surface area contributed by atoms with Crippen LogP contribution >= 0.6 is 0 Å². The molecule has 2 heterocycles. The number of methoxy groups -OCH3 is 1. The van der Waals surface area contributed by atoms with E-state index in [-0.39, 0.29) is 45.7 Å². The molecule has 420 valence electrons. The highest BCUT2D eigenvalue weighted by atomic mass is 16.8. The number of carbonyl (C=O) groups is 6. The number of benzene rings is 7. The normalized spacial score (nSPS) is 22.0. The molecule has 82 heavy (non-hydrogen) atoms. The molecule has 0 spiro atoms. The second-order valence-corrected chi connectivity index (χ2v) is 18.5. The van der Waals surface area contributed by atoms with Crippen molar-refractivity contribution >= 4 is 35.8 Å². The molecule has 0 aromatic heterocycles. The summed E-state index contributed by atoms with van der Waals surface area (Å²) in [6, 6.07) is 53.9. The van der Waals surface area contributed by atoms with Gasteiger partial charge in [0.05, 0.1) is 53.7 Å². The summed E-state index contributed by atoms with van der Waals surface area (Å²) in [5, 5.41) is 0. The van der Waals surface area contributed by atoms with Crippen LogP contribution in [0.3, 0.4) is 0 Å². The van der Waals surface area contributed by atoms with Gasteiger partial charge in [0.1, 0.15) is 36.4 Å². The smallest absolute Gasteiger partial charge is 0.338 e. The predicted molar refractivity (Wildman–Crippen MR) is 292 cm³/mol. The van der Waals surface area contributed by atoms with Gasteiger partial charge in [0.2, 0.25) is 12.4 Å². The van der Waals surface area contributed by atoms with Gasteiger partial charge in [-0.25, -0.2) is 28.8 Å². The van der Waals surface area contributed by atoms with Crippen molar-refractivity contribution in [2.45, 2.75) is 61.4 Å². The number of esters is 6. The van der Waals surface area contributed by atoms with Gasteiger partial charge in [0.25, 0.3) is 0 Å². The molecule has 0 aliphatic carbocycles. The van der Waals surface area contributed by atoms with Crippen LogP contribution in [-0.2, 0) is 47.4 Å². The van der Waals surface area contributed by atoms with Crippen molar-refractivity contribution in [1.29, 1.82) is 0 Å². The second kappa shape index (κ2) is 28.1. The van der Waals surface area contributed by atoms with Crippen molar-refractivity contribution in [2.24, 2.45) is 0 Å². The van der Waals surface area contributed by atoms with E-state index in [4.69, 9.17) is 56.8 Å². The lowest BCUT2D eigenvalue weighted by molar-refractivity contribution is -0.350. The van der Waals surface area contributed by atoms with Crippen LogP contribution in [0, 0.1) is 0 Å². The monoisotopic (exact) mass is 1110 g/mol. The van der Waals surface area contributed by atoms with E-state index in [1.165, 1.54) is 86.0 Å². The minimum absolute atomic E-state index is 0.0384. The Morgan fingerprint density at radius 2 is 0.720 bits per heavy atom. The van der Waals surface area contributed by atoms with Crippen molar-refractivity contribution in [2.75, 3.05) is 26.9 Å². The SMILES string of the molecule is C=CCOC[C@H]1O[C@@H](O[C@H]2[C@H](OC(=O)c3ccccc3)[C@@H](OC(=O)c3ccccc3)[C@H](Oc3ccc(OC)cc3)O[C@@H]2COC(=O)c2ccccc2)[C@H](OC(=O)c2ccccc2)[C@@H](OC(=O)c2ccccc2)[C@H]1OC(=O)c1ccccc1. The first-order chi connectivity index (χ1) is 40.1. The fourth-order valence-corrected chi connectivity index (χ4v) is 8.91. The summed E-state index contributed by atoms with van der Waals surface area (Å²) in [6.07, 6.45) is -15.9. The Hall–Kier alpha value is -9.46. The number of rotatable bonds is 22. The molecule has 18 nitrogen and oxygen atoms in total. The van der Waals surface area contributed by atoms with Crippen LogP contribution in [0.25, 0.3) is 0 Å². The molecule has 0 saturated carbocycles. The van der Waals surface area contributed by atoms with Gasteiger partial charge in [-0.15, -0.1) is 6.58 Å². The lowest BCUT2D eigenvalue weighted by Gasteiger charge is -2.48. The van der Waals surface area contributed by atoms with Gasteiger partial charge in [-0.2, -0.15) is 0 Å². The molecule has 2 saturated heterocycles. The van der Waals surface area contributed by atoms with Crippen molar-refractivity contribution < 1.29 is 85.6 Å². The van der Waals surface area contributed by atoms with Crippen LogP contribution in [0.5, 0.6) is 11.5 Å². The molecule has 0 bridgehead atoms. The average molecular weight is 1110 g/mol. The zero-order valence-electron chi connectivity index (χ0n) is 44.2. The summed E-state index contributed by atoms with van der Waals surface area (Å²) in [7, 11) is 1.49. The number of hydrogen-bond donors (Lipinski definition) is 0. The average Bonchev–Trinajstić information content (AvgIpc) is 3.72. The van der Waals surface area contributed by atoms with Gasteiger partial charge in [-0.1, -0.05) is 115 Å². The van der Waals surface area contributed by atoms with Gasteiger partial charge < -0.3 is 56.8 Å². The van der Waals surface area contributed by atoms with Crippen molar-refractivity contribution in [1.82, 2.24) is 0 Å². The van der Waals surface area contributed by atoms with Crippen molar-refractivity contribution in [3.8, 4) is 11.5 Å². The first kappa shape index (κ1) is 57.2. The lowest BCUT2D eigenvalue weighted by Crippen LogP contribution is -2.67. The third-order valence-corrected chi connectivity index (χ3v) is 13.0. The lowest BCUT2D eigenvalue weighted by atomic mass is 9.95. The standard InChI is InChI=1S/C64H56O18/c1-3-38-72-39-49-51(77-58(66)42-24-12-5-13-25-42)53(78-59(67)43-26-14-6-15-27-43)56(81-62(70)46-32-20-9-21-33-46)64(75-49)82-52-50(40-73-57(65)41-22-10-4-11-23-41)76-63(74-48-36-34-47(71-2)35-37-48)55(80-61(69)45-30-18-8-19-31-45)54(52)79-60(68)44-28-16-7-17-29-44/h3-37,49-56,63-64H,1,38-40H2,2H3/t49-,50-,51+,52-,53+,54+,55-,56-,63-,64+/m1/s1. The highest BCUT2D eigenvalue weighted by Crippen LogP contribution is 2.38. The number of ether oxygens (including phenoxy) is 12. The molecule has 0 amide bonds. The van der Waals surface area contributed by atoms with E-state index in [0.717, 1.165) is 0 Å². The van der Waals surface area contributed by atoms with E-state index >= 15 is 0 Å². The Kier molecular flexibility index (Phi) is 19.6. The maximum atomic E-state index is 14.7. The van der Waals surface area contributed by atoms with Gasteiger partial charge in [0.15, 0.2) is 30.7 Å². The summed E-state index contributed by atoms with van der Waals surface area (Å²) in [5.41, 5.74) is 0.507. The zero-order valence-corrected chi connectivity index (χ0v) is 44.2. The maximum absolute atomic E-state index is 14.7. The van der Waals surface area contributed by atoms with E-state index in [0.29, 0.717) is 5.75 Å². The van der Waals surface area contributed by atoms with Crippen LogP contribution in [0.15, 0.2) is 219 Å². The Bertz CT molecular complexity index is 3220. The minimum atomic E-state index is -1.95. The zero-order chi connectivity index (χ0) is 57.2. The van der Waals surface area contributed by atoms with Crippen molar-refractivity contribution in [3.63, 3.8) is 0 Å². The fourth-order valence-electron chi connectivity index (χ4n) is 8.91. The van der Waals surface area contributed by atoms with Gasteiger partial charge in [-0.05, 0) is 97.1 Å². The Morgan fingerprint density at radius 1 is 0.390 bits per heavy atom. The minimum Gasteiger partial charge on any atom is -0.497 e. The quantitative estimate of drug-likeness (QED) is 0.0268. The van der Waals surface area contributed by atoms with E-state index in [9.17, 15) is 28.8 Å². The maximum Gasteiger partial charge on any atom is 0.338 e. The molecule has 10 atom stereocenters. The number of hydrogen-bond acceptors (Lipinski definition) is 18. The molecular formula is C64H56O18. The molecule has 9 rings (SSSR count). The fraction of sp³-hybridized carbons (Fsp3) is 0.219. The summed E-state index contributed by atoms with van der Waals surface area (Å²) in [4.78, 5) is 86.2. The van der Waals surface area contributed by atoms with Gasteiger partial charge in [0, 0.05) is 0 Å². The van der Waals surface area contributed by atoms with Gasteiger partial charge in [-0.3, -0.25) is 0 Å². The van der Waals surface area contributed by atoms with E-state index in [1.54, 1.807) is 133 Å². The molecule has 2 fully saturated rings. The summed E-state index contributed by atoms with van der Waals surface area (Å²) >= 11 is 0. The Balaban J connectivity index is 1.21. The van der Waals surface area contributed by atoms with Crippen LogP contribution < -0.4 is 9.47 Å². The molecular weight excluding hydrogens is 1060 g/mol. The molecule has 2 aliphatic rings. The van der Waals surface area contributed by atoms with E-state index < -0.39 is 110 Å². The number of carbonyl (C=O) groups excluding carboxylic acids is 6. The van der Waals surface area contributed by atoms with Crippen LogP contribution in [-0.4, -0.2) is 124 Å². The molecule has 0 radical (unpaired) electrons. The third-order valence-electron chi connectivity index (χ3n) is 13.0. The van der Waals surface area contributed by atoms with Crippen LogP contribution in [0.1, 0.15) is 62.1 Å². The van der Waals surface area contributed by atoms with E-state index in [2.05, 4.69) is 6.58 Å². The summed E-state index contributed by atoms with van der Waals surface area (Å²) in [6.45, 7) is 2.65. The molecule has 7 aromatic rings. The molecule has 0 N–H and O–H groups in total. The molecule has 2 aliphatic heterocycles. The first-order valence-corrected chi connectivity index (χ1v) is 26.0. The van der Waals surface area contributed by atoms with Gasteiger partial charge >= 0.3 is 35.8 Å². The first-order valence-electron chi connectivity index (χ1n) is 26.0. The Morgan fingerprint density at radius 3 is 1.12 bits per heavy atom. The molecule has 0 unspecified atom stereocenters. The third kappa shape index (κ3) is 14.7. The summed E-state index contributed by atoms with van der Waals surface area (Å²) < 4.78 is 76.1. The Labute approximate surface area is 471 Å². The van der Waals surface area contributed by atoms with E-state index in [1.807, 2.05) is 0 Å². The molecule has 18 heteroatoms. The summed E-state index contributed by atoms with van der Waals surface area (Å²) in [5.74, 6) is -4.80. The highest BCUT2D eigenvalue weighted by Gasteiger charge is 2.58. The van der Waals surface area contributed by atoms with Crippen LogP contribution in [0.4, 0.5) is 0 Å². The van der Waals surface area contributed by atoms with Crippen molar-refractivity contribution in [3.05, 3.63) is 252 Å². The predicted octanol–water partition coefficient (Wildman–Crippen LogP) is 9.10. The second-order valence-electron chi connectivity index (χ2n) is 18.5. The molecule has 7 aromatic carbocycles. The van der Waals surface area contributed by atoms with Crippen LogP contribution in [0.2, 0.25) is 0 Å². The highest BCUT2D eigenvalue weighted by molar-refractivity contribution is 5.92. The topological polar surface area (TPSA) is 213 Å². The largest absolute Gasteiger partial charge is 0.497 e.